The largest absolute Gasteiger partial charge is 0.376 e. The normalized spacial score (nSPS) is 19.6. The zero-order chi connectivity index (χ0) is 19.5. The van der Waals surface area contributed by atoms with Gasteiger partial charge in [-0.1, -0.05) is 23.1 Å². The van der Waals surface area contributed by atoms with Gasteiger partial charge in [-0.2, -0.15) is 4.98 Å². The lowest BCUT2D eigenvalue weighted by molar-refractivity contribution is -0.119. The monoisotopic (exact) mass is 423 g/mol. The number of carbonyl (C=O) groups excluding carboxylic acids is 1. The zero-order valence-corrected chi connectivity index (χ0v) is 17.6. The minimum atomic E-state index is -0.0754. The van der Waals surface area contributed by atoms with Crippen molar-refractivity contribution in [3.05, 3.63) is 10.4 Å². The Morgan fingerprint density at radius 3 is 2.86 bits per heavy atom. The van der Waals surface area contributed by atoms with Crippen molar-refractivity contribution >= 4 is 44.5 Å². The summed E-state index contributed by atoms with van der Waals surface area (Å²) in [5, 5.41) is 4.32. The summed E-state index contributed by atoms with van der Waals surface area (Å²) in [6, 6.07) is 0. The number of thioether (sulfide) groups is 1. The number of nitrogens with zero attached hydrogens (tertiary/aromatic N) is 4. The van der Waals surface area contributed by atoms with Gasteiger partial charge >= 0.3 is 0 Å². The smallest absolute Gasteiger partial charge is 0.273 e. The fourth-order valence-corrected chi connectivity index (χ4v) is 5.41. The minimum absolute atomic E-state index is 0.0716. The van der Waals surface area contributed by atoms with E-state index in [1.54, 1.807) is 4.57 Å². The maximum atomic E-state index is 12.9. The van der Waals surface area contributed by atoms with Gasteiger partial charge in [0.1, 0.15) is 4.70 Å². The van der Waals surface area contributed by atoms with Crippen molar-refractivity contribution in [2.24, 2.45) is 0 Å². The second kappa shape index (κ2) is 8.79. The summed E-state index contributed by atoms with van der Waals surface area (Å²) in [5.41, 5.74) is 0.418. The molecule has 1 N–H and O–H groups in total. The molecule has 1 amide bonds. The van der Waals surface area contributed by atoms with Crippen LogP contribution in [0.2, 0.25) is 0 Å². The molecule has 28 heavy (non-hydrogen) atoms. The standard InChI is InChI=1S/C18H25N5O3S2/c1-2-23-16(25)14-15(20-17(28-14)22-7-3-4-8-22)21-18(23)27-11-13(24)19-10-12-6-5-9-26-12/h12H,2-11H2,1H3,(H,19,24). The van der Waals surface area contributed by atoms with Gasteiger partial charge in [0.25, 0.3) is 5.56 Å². The predicted octanol–water partition coefficient (Wildman–Crippen LogP) is 1.86. The lowest BCUT2D eigenvalue weighted by Gasteiger charge is -2.11. The number of rotatable bonds is 7. The van der Waals surface area contributed by atoms with E-state index in [4.69, 9.17) is 4.74 Å². The lowest BCUT2D eigenvalue weighted by atomic mass is 10.2. The second-order valence-electron chi connectivity index (χ2n) is 7.01. The first-order valence-electron chi connectivity index (χ1n) is 9.83. The molecule has 2 aromatic heterocycles. The Labute approximate surface area is 171 Å². The maximum Gasteiger partial charge on any atom is 0.273 e. The molecule has 4 heterocycles. The summed E-state index contributed by atoms with van der Waals surface area (Å²) in [6.45, 7) is 5.70. The Balaban J connectivity index is 1.47. The molecule has 10 heteroatoms. The van der Waals surface area contributed by atoms with E-state index in [1.165, 1.54) is 23.1 Å². The zero-order valence-electron chi connectivity index (χ0n) is 16.0. The fraction of sp³-hybridized carbons (Fsp3) is 0.667. The van der Waals surface area contributed by atoms with Crippen LogP contribution in [0.15, 0.2) is 9.95 Å². The minimum Gasteiger partial charge on any atom is -0.376 e. The fourth-order valence-electron chi connectivity index (χ4n) is 3.52. The van der Waals surface area contributed by atoms with E-state index in [0.29, 0.717) is 28.6 Å². The van der Waals surface area contributed by atoms with E-state index in [0.717, 1.165) is 50.5 Å². The lowest BCUT2D eigenvalue weighted by Crippen LogP contribution is -2.33. The van der Waals surface area contributed by atoms with Gasteiger partial charge in [0.05, 0.1) is 11.9 Å². The molecule has 0 aliphatic carbocycles. The van der Waals surface area contributed by atoms with Gasteiger partial charge < -0.3 is 15.0 Å². The van der Waals surface area contributed by atoms with Crippen LogP contribution in [0.4, 0.5) is 5.13 Å². The predicted molar refractivity (Wildman–Crippen MR) is 112 cm³/mol. The molecule has 4 rings (SSSR count). The number of carbonyl (C=O) groups is 1. The van der Waals surface area contributed by atoms with Crippen LogP contribution in [0.5, 0.6) is 0 Å². The molecule has 0 saturated carbocycles. The highest BCUT2D eigenvalue weighted by Gasteiger charge is 2.21. The molecule has 0 spiro atoms. The van der Waals surface area contributed by atoms with E-state index in [-0.39, 0.29) is 23.3 Å². The molecule has 2 fully saturated rings. The summed E-state index contributed by atoms with van der Waals surface area (Å²) in [5.74, 6) is 0.141. The molecular formula is C18H25N5O3S2. The van der Waals surface area contributed by atoms with Crippen LogP contribution >= 0.6 is 23.1 Å². The molecule has 152 valence electrons. The van der Waals surface area contributed by atoms with E-state index in [2.05, 4.69) is 20.2 Å². The van der Waals surface area contributed by atoms with Crippen LogP contribution < -0.4 is 15.8 Å². The molecular weight excluding hydrogens is 398 g/mol. The summed E-state index contributed by atoms with van der Waals surface area (Å²) >= 11 is 2.71. The number of ether oxygens (including phenoxy) is 1. The molecule has 8 nitrogen and oxygen atoms in total. The number of anilines is 1. The number of aromatic nitrogens is 3. The average Bonchev–Trinajstić information content (AvgIpc) is 3.45. The molecule has 2 aromatic rings. The molecule has 2 saturated heterocycles. The number of amides is 1. The summed E-state index contributed by atoms with van der Waals surface area (Å²) in [7, 11) is 0. The van der Waals surface area contributed by atoms with Gasteiger partial charge in [-0.05, 0) is 32.6 Å². The van der Waals surface area contributed by atoms with Crippen LogP contribution in [0.25, 0.3) is 10.3 Å². The number of nitrogens with one attached hydrogen (secondary N) is 1. The van der Waals surface area contributed by atoms with Crippen molar-refractivity contribution in [2.75, 3.05) is 36.9 Å². The highest BCUT2D eigenvalue weighted by atomic mass is 32.2. The molecule has 1 atom stereocenters. The first kappa shape index (κ1) is 19.7. The van der Waals surface area contributed by atoms with Crippen molar-refractivity contribution in [1.29, 1.82) is 0 Å². The van der Waals surface area contributed by atoms with E-state index < -0.39 is 0 Å². The molecule has 2 aliphatic rings. The van der Waals surface area contributed by atoms with Crippen molar-refractivity contribution in [2.45, 2.75) is 50.4 Å². The Bertz CT molecular complexity index is 900. The van der Waals surface area contributed by atoms with Gasteiger partial charge in [-0.15, -0.1) is 0 Å². The van der Waals surface area contributed by atoms with Crippen molar-refractivity contribution < 1.29 is 9.53 Å². The Kier molecular flexibility index (Phi) is 6.17. The van der Waals surface area contributed by atoms with E-state index in [1.807, 2.05) is 6.92 Å². The Morgan fingerprint density at radius 1 is 1.32 bits per heavy atom. The molecule has 2 aliphatic heterocycles. The quantitative estimate of drug-likeness (QED) is 0.537. The summed E-state index contributed by atoms with van der Waals surface area (Å²) in [6.07, 6.45) is 4.48. The highest BCUT2D eigenvalue weighted by molar-refractivity contribution is 7.99. The molecule has 0 radical (unpaired) electrons. The Hall–Kier alpha value is -1.65. The topological polar surface area (TPSA) is 89.3 Å². The maximum absolute atomic E-state index is 12.9. The molecule has 0 aromatic carbocycles. The average molecular weight is 424 g/mol. The van der Waals surface area contributed by atoms with Crippen molar-refractivity contribution in [3.8, 4) is 0 Å². The third-order valence-corrected chi connectivity index (χ3v) is 7.12. The highest BCUT2D eigenvalue weighted by Crippen LogP contribution is 2.29. The number of thiazole rings is 1. The van der Waals surface area contributed by atoms with E-state index in [9.17, 15) is 9.59 Å². The third-order valence-electron chi connectivity index (χ3n) is 5.05. The summed E-state index contributed by atoms with van der Waals surface area (Å²) in [4.78, 5) is 36.5. The SMILES string of the molecule is CCn1c(SCC(=O)NCC2CCCO2)nc2nc(N3CCCC3)sc2c1=O. The first-order chi connectivity index (χ1) is 13.7. The third kappa shape index (κ3) is 4.18. The Morgan fingerprint density at radius 2 is 2.14 bits per heavy atom. The van der Waals surface area contributed by atoms with Crippen LogP contribution in [0, 0.1) is 0 Å². The second-order valence-corrected chi connectivity index (χ2v) is 8.93. The molecule has 0 bridgehead atoms. The number of hydrogen-bond acceptors (Lipinski definition) is 8. The van der Waals surface area contributed by atoms with E-state index >= 15 is 0 Å². The summed E-state index contributed by atoms with van der Waals surface area (Å²) < 4.78 is 7.75. The van der Waals surface area contributed by atoms with Crippen LogP contribution in [0.3, 0.4) is 0 Å². The van der Waals surface area contributed by atoms with Gasteiger partial charge in [0, 0.05) is 32.8 Å². The van der Waals surface area contributed by atoms with Crippen LogP contribution in [0.1, 0.15) is 32.6 Å². The molecule has 1 unspecified atom stereocenters. The van der Waals surface area contributed by atoms with Gasteiger partial charge in [0.15, 0.2) is 15.9 Å². The number of fused-ring (bicyclic) bond motifs is 1. The van der Waals surface area contributed by atoms with Gasteiger partial charge in [-0.25, -0.2) is 4.98 Å². The number of hydrogen-bond donors (Lipinski definition) is 1. The first-order valence-corrected chi connectivity index (χ1v) is 11.6. The van der Waals surface area contributed by atoms with Gasteiger partial charge in [0.2, 0.25) is 5.91 Å². The van der Waals surface area contributed by atoms with Gasteiger partial charge in [-0.3, -0.25) is 14.2 Å². The van der Waals surface area contributed by atoms with Crippen molar-refractivity contribution in [3.63, 3.8) is 0 Å². The van der Waals surface area contributed by atoms with Crippen LogP contribution in [-0.4, -0.2) is 58.5 Å². The van der Waals surface area contributed by atoms with Crippen molar-refractivity contribution in [1.82, 2.24) is 19.9 Å². The van der Waals surface area contributed by atoms with Crippen LogP contribution in [-0.2, 0) is 16.1 Å².